The Balaban J connectivity index is 1.50. The number of piperidine rings is 1. The van der Waals surface area contributed by atoms with Gasteiger partial charge in [-0.15, -0.1) is 0 Å². The number of carbonyl (C=O) groups excluding carboxylic acids is 1. The number of halogens is 2. The van der Waals surface area contributed by atoms with Crippen molar-refractivity contribution in [3.63, 3.8) is 0 Å². The highest BCUT2D eigenvalue weighted by atomic mass is 35.5. The second-order valence-electron chi connectivity index (χ2n) is 6.20. The molecule has 1 aromatic carbocycles. The van der Waals surface area contributed by atoms with Crippen molar-refractivity contribution in [2.24, 2.45) is 11.3 Å². The highest BCUT2D eigenvalue weighted by Gasteiger charge is 2.59. The summed E-state index contributed by atoms with van der Waals surface area (Å²) in [7, 11) is 0. The molecule has 1 spiro atoms. The van der Waals surface area contributed by atoms with Gasteiger partial charge in [-0.2, -0.15) is 0 Å². The lowest BCUT2D eigenvalue weighted by molar-refractivity contribution is -0.140. The van der Waals surface area contributed by atoms with Crippen LogP contribution in [0.3, 0.4) is 0 Å². The maximum atomic E-state index is 12.2. The summed E-state index contributed by atoms with van der Waals surface area (Å²) in [6, 6.07) is 4.84. The highest BCUT2D eigenvalue weighted by Crippen LogP contribution is 2.59. The summed E-state index contributed by atoms with van der Waals surface area (Å²) >= 11 is 11.9. The quantitative estimate of drug-likeness (QED) is 0.898. The normalized spacial score (nSPS) is 22.0. The van der Waals surface area contributed by atoms with Crippen LogP contribution >= 0.6 is 23.2 Å². The van der Waals surface area contributed by atoms with Crippen LogP contribution in [0.4, 0.5) is 0 Å². The number of hydrogen-bond acceptors (Lipinski definition) is 3. The van der Waals surface area contributed by atoms with Crippen molar-refractivity contribution < 1.29 is 19.4 Å². The van der Waals surface area contributed by atoms with Crippen LogP contribution in [0.2, 0.25) is 10.0 Å². The molecule has 7 heteroatoms. The van der Waals surface area contributed by atoms with Crippen LogP contribution in [0.15, 0.2) is 18.2 Å². The number of hydrogen-bond donors (Lipinski definition) is 1. The summed E-state index contributed by atoms with van der Waals surface area (Å²) < 4.78 is 5.46. The monoisotopic (exact) mass is 357 g/mol. The van der Waals surface area contributed by atoms with Gasteiger partial charge in [-0.05, 0) is 36.8 Å². The van der Waals surface area contributed by atoms with E-state index in [9.17, 15) is 9.59 Å². The number of ether oxygens (including phenoxy) is 1. The first-order chi connectivity index (χ1) is 10.9. The second-order valence-corrected chi connectivity index (χ2v) is 7.05. The Morgan fingerprint density at radius 2 is 2.00 bits per heavy atom. The Bertz CT molecular complexity index is 641. The highest BCUT2D eigenvalue weighted by molar-refractivity contribution is 6.34. The van der Waals surface area contributed by atoms with Crippen LogP contribution in [-0.2, 0) is 9.59 Å². The summed E-state index contributed by atoms with van der Waals surface area (Å²) in [4.78, 5) is 25.0. The van der Waals surface area contributed by atoms with Gasteiger partial charge in [0.1, 0.15) is 5.75 Å². The smallest absolute Gasteiger partial charge is 0.307 e. The number of benzene rings is 1. The van der Waals surface area contributed by atoms with Crippen molar-refractivity contribution in [1.82, 2.24) is 4.90 Å². The Morgan fingerprint density at radius 3 is 2.61 bits per heavy atom. The van der Waals surface area contributed by atoms with Crippen molar-refractivity contribution >= 4 is 35.1 Å². The van der Waals surface area contributed by atoms with Gasteiger partial charge in [0.25, 0.3) is 5.91 Å². The van der Waals surface area contributed by atoms with Crippen molar-refractivity contribution in [2.45, 2.75) is 19.3 Å². The molecule has 23 heavy (non-hydrogen) atoms. The molecule has 0 radical (unpaired) electrons. The summed E-state index contributed by atoms with van der Waals surface area (Å²) in [6.07, 6.45) is 2.22. The largest absolute Gasteiger partial charge is 0.482 e. The SMILES string of the molecule is O=C(O)C1CC12CCN(C(=O)COc1cc(Cl)ccc1Cl)CC2. The minimum Gasteiger partial charge on any atom is -0.482 e. The zero-order valence-electron chi connectivity index (χ0n) is 12.4. The van der Waals surface area contributed by atoms with Crippen molar-refractivity contribution in [3.05, 3.63) is 28.2 Å². The molecule has 0 bridgehead atoms. The van der Waals surface area contributed by atoms with Gasteiger partial charge >= 0.3 is 5.97 Å². The molecule has 1 saturated heterocycles. The molecule has 1 atom stereocenters. The van der Waals surface area contributed by atoms with Gasteiger partial charge in [-0.25, -0.2) is 0 Å². The van der Waals surface area contributed by atoms with Crippen molar-refractivity contribution in [3.8, 4) is 5.75 Å². The van der Waals surface area contributed by atoms with E-state index < -0.39 is 5.97 Å². The molecule has 2 fully saturated rings. The number of carboxylic acids is 1. The Hall–Kier alpha value is -1.46. The molecule has 1 saturated carbocycles. The predicted molar refractivity (Wildman–Crippen MR) is 85.9 cm³/mol. The van der Waals surface area contributed by atoms with E-state index in [1.807, 2.05) is 0 Å². The maximum absolute atomic E-state index is 12.2. The molecule has 1 aliphatic heterocycles. The minimum absolute atomic E-state index is 0.0836. The van der Waals surface area contributed by atoms with E-state index in [1.54, 1.807) is 23.1 Å². The van der Waals surface area contributed by atoms with E-state index in [1.165, 1.54) is 0 Å². The molecule has 5 nitrogen and oxygen atoms in total. The average molecular weight is 358 g/mol. The van der Waals surface area contributed by atoms with Crippen LogP contribution in [0.1, 0.15) is 19.3 Å². The summed E-state index contributed by atoms with van der Waals surface area (Å²) in [5.41, 5.74) is -0.0836. The Kier molecular flexibility index (Phi) is 4.43. The first-order valence-corrected chi connectivity index (χ1v) is 8.25. The van der Waals surface area contributed by atoms with E-state index >= 15 is 0 Å². The zero-order valence-corrected chi connectivity index (χ0v) is 13.9. The van der Waals surface area contributed by atoms with Crippen molar-refractivity contribution in [2.75, 3.05) is 19.7 Å². The van der Waals surface area contributed by atoms with Crippen LogP contribution in [0.25, 0.3) is 0 Å². The van der Waals surface area contributed by atoms with Crippen LogP contribution in [0.5, 0.6) is 5.75 Å². The van der Waals surface area contributed by atoms with Gasteiger partial charge in [0.05, 0.1) is 10.9 Å². The fourth-order valence-electron chi connectivity index (χ4n) is 3.27. The third-order valence-electron chi connectivity index (χ3n) is 4.84. The second kappa shape index (κ2) is 6.21. The third-order valence-corrected chi connectivity index (χ3v) is 5.39. The number of aliphatic carboxylic acids is 1. The van der Waals surface area contributed by atoms with Gasteiger partial charge < -0.3 is 14.7 Å². The molecule has 2 aliphatic rings. The molecule has 1 aromatic rings. The molecule has 1 unspecified atom stereocenters. The fraction of sp³-hybridized carbons (Fsp3) is 0.500. The van der Waals surface area contributed by atoms with Crippen molar-refractivity contribution in [1.29, 1.82) is 0 Å². The van der Waals surface area contributed by atoms with E-state index in [2.05, 4.69) is 0 Å². The summed E-state index contributed by atoms with van der Waals surface area (Å²) in [6.45, 7) is 1.06. The third kappa shape index (κ3) is 3.40. The zero-order chi connectivity index (χ0) is 16.6. The number of amides is 1. The number of rotatable bonds is 4. The first kappa shape index (κ1) is 16.4. The van der Waals surface area contributed by atoms with Gasteiger partial charge in [0.15, 0.2) is 6.61 Å². The van der Waals surface area contributed by atoms with E-state index in [-0.39, 0.29) is 23.8 Å². The summed E-state index contributed by atoms with van der Waals surface area (Å²) in [5, 5.41) is 9.98. The van der Waals surface area contributed by atoms with E-state index in [0.717, 1.165) is 19.3 Å². The van der Waals surface area contributed by atoms with Gasteiger partial charge in [-0.1, -0.05) is 23.2 Å². The topological polar surface area (TPSA) is 66.8 Å². The van der Waals surface area contributed by atoms with E-state index in [4.69, 9.17) is 33.0 Å². The lowest BCUT2D eigenvalue weighted by Crippen LogP contribution is -2.42. The molecule has 3 rings (SSSR count). The lowest BCUT2D eigenvalue weighted by Gasteiger charge is -2.32. The standard InChI is InChI=1S/C16H17Cl2NO4/c17-10-1-2-12(18)13(7-10)23-9-14(20)19-5-3-16(4-6-19)8-11(16)15(21)22/h1-2,7,11H,3-6,8-9H2,(H,21,22). The van der Waals surface area contributed by atoms with Crippen LogP contribution in [-0.4, -0.2) is 41.6 Å². The molecule has 1 N–H and O–H groups in total. The Labute approximate surface area is 144 Å². The first-order valence-electron chi connectivity index (χ1n) is 7.50. The molecule has 1 amide bonds. The number of carboxylic acid groups (broad SMARTS) is 1. The minimum atomic E-state index is -0.719. The van der Waals surface area contributed by atoms with Gasteiger partial charge in [0.2, 0.25) is 0 Å². The molecule has 1 aliphatic carbocycles. The molecular formula is C16H17Cl2NO4. The van der Waals surface area contributed by atoms with E-state index in [0.29, 0.717) is 28.9 Å². The fourth-order valence-corrected chi connectivity index (χ4v) is 3.60. The number of carbonyl (C=O) groups is 2. The molecular weight excluding hydrogens is 341 g/mol. The maximum Gasteiger partial charge on any atom is 0.307 e. The molecule has 1 heterocycles. The van der Waals surface area contributed by atoms with Gasteiger partial charge in [0, 0.05) is 24.2 Å². The lowest BCUT2D eigenvalue weighted by atomic mass is 9.91. The Morgan fingerprint density at radius 1 is 1.30 bits per heavy atom. The molecule has 124 valence electrons. The molecule has 0 aromatic heterocycles. The predicted octanol–water partition coefficient (Wildman–Crippen LogP) is 3.09. The number of likely N-dealkylation sites (tertiary alicyclic amines) is 1. The van der Waals surface area contributed by atoms with Gasteiger partial charge in [-0.3, -0.25) is 9.59 Å². The van der Waals surface area contributed by atoms with Crippen LogP contribution in [0, 0.1) is 11.3 Å². The van der Waals surface area contributed by atoms with Crippen LogP contribution < -0.4 is 4.74 Å². The number of nitrogens with zero attached hydrogens (tertiary/aromatic N) is 1. The average Bonchev–Trinajstić information content (AvgIpc) is 3.22. The summed E-state index contributed by atoms with van der Waals surface area (Å²) in [5.74, 6) is -0.692.